The van der Waals surface area contributed by atoms with Crippen LogP contribution in [0.15, 0.2) is 18.2 Å². The first-order chi connectivity index (χ1) is 9.74. The quantitative estimate of drug-likeness (QED) is 0.730. The van der Waals surface area contributed by atoms with Crippen LogP contribution in [0, 0.1) is 0 Å². The molecule has 0 saturated carbocycles. The van der Waals surface area contributed by atoms with E-state index in [1.54, 1.807) is 30.0 Å². The lowest BCUT2D eigenvalue weighted by atomic mass is 10.2. The number of nitrogens with zero attached hydrogens (tertiary/aromatic N) is 3. The van der Waals surface area contributed by atoms with Crippen LogP contribution in [-0.2, 0) is 16.0 Å². The highest BCUT2D eigenvalue weighted by Gasteiger charge is 2.14. The van der Waals surface area contributed by atoms with Gasteiger partial charge in [-0.05, 0) is 18.6 Å². The molecule has 1 aromatic heterocycles. The zero-order valence-corrected chi connectivity index (χ0v) is 11.3. The Morgan fingerprint density at radius 3 is 2.95 bits per heavy atom. The first kappa shape index (κ1) is 14.4. The third-order valence-electron chi connectivity index (χ3n) is 2.85. The maximum Gasteiger partial charge on any atom is 0.337 e. The van der Waals surface area contributed by atoms with Crippen molar-refractivity contribution in [3.63, 3.8) is 0 Å². The van der Waals surface area contributed by atoms with Gasteiger partial charge in [0, 0.05) is 20.3 Å². The van der Waals surface area contributed by atoms with Crippen LogP contribution in [0.25, 0.3) is 11.0 Å². The predicted octanol–water partition coefficient (Wildman–Crippen LogP) is 1.18. The second-order valence-electron chi connectivity index (χ2n) is 4.25. The summed E-state index contributed by atoms with van der Waals surface area (Å²) in [6.45, 7) is 2.25. The summed E-state index contributed by atoms with van der Waals surface area (Å²) in [7, 11) is 1.62. The molecular formula is C13H17N3O4. The molecule has 0 unspecified atom stereocenters. The van der Waals surface area contributed by atoms with E-state index in [-0.39, 0.29) is 5.56 Å². The smallest absolute Gasteiger partial charge is 0.337 e. The first-order valence-corrected chi connectivity index (χ1v) is 6.36. The molecule has 0 bridgehead atoms. The van der Waals surface area contributed by atoms with Gasteiger partial charge in [-0.15, -0.1) is 5.10 Å². The van der Waals surface area contributed by atoms with Crippen LogP contribution < -0.4 is 0 Å². The van der Waals surface area contributed by atoms with Gasteiger partial charge in [-0.3, -0.25) is 0 Å². The minimum absolute atomic E-state index is 0.216. The Bertz CT molecular complexity index is 582. The number of hydrogen-bond acceptors (Lipinski definition) is 5. The summed E-state index contributed by atoms with van der Waals surface area (Å²) < 4.78 is 11.8. The second-order valence-corrected chi connectivity index (χ2v) is 4.25. The minimum Gasteiger partial charge on any atom is -0.478 e. The van der Waals surface area contributed by atoms with Crippen molar-refractivity contribution in [2.24, 2.45) is 0 Å². The van der Waals surface area contributed by atoms with E-state index in [1.165, 1.54) is 0 Å². The normalized spacial score (nSPS) is 11.1. The Morgan fingerprint density at radius 2 is 2.20 bits per heavy atom. The number of aromatic nitrogens is 3. The average Bonchev–Trinajstić information content (AvgIpc) is 2.86. The fourth-order valence-corrected chi connectivity index (χ4v) is 1.92. The highest BCUT2D eigenvalue weighted by atomic mass is 16.5. The van der Waals surface area contributed by atoms with E-state index in [1.807, 2.05) is 0 Å². The van der Waals surface area contributed by atoms with Gasteiger partial charge in [0.2, 0.25) is 0 Å². The van der Waals surface area contributed by atoms with Crippen molar-refractivity contribution in [2.75, 3.05) is 26.9 Å². The monoisotopic (exact) mass is 279 g/mol. The van der Waals surface area contributed by atoms with Crippen molar-refractivity contribution in [1.82, 2.24) is 15.0 Å². The Balaban J connectivity index is 2.01. The van der Waals surface area contributed by atoms with Gasteiger partial charge in [0.15, 0.2) is 0 Å². The van der Waals surface area contributed by atoms with E-state index < -0.39 is 5.97 Å². The van der Waals surface area contributed by atoms with Crippen molar-refractivity contribution in [1.29, 1.82) is 0 Å². The summed E-state index contributed by atoms with van der Waals surface area (Å²) in [5.41, 5.74) is 1.36. The van der Waals surface area contributed by atoms with E-state index in [4.69, 9.17) is 9.47 Å². The van der Waals surface area contributed by atoms with Crippen LogP contribution in [0.3, 0.4) is 0 Å². The molecule has 0 radical (unpaired) electrons. The number of methoxy groups -OCH3 is 1. The highest BCUT2D eigenvalue weighted by Crippen LogP contribution is 2.16. The van der Waals surface area contributed by atoms with E-state index in [0.29, 0.717) is 37.4 Å². The lowest BCUT2D eigenvalue weighted by molar-refractivity contribution is 0.0676. The number of rotatable bonds is 8. The number of carboxylic acids is 1. The molecule has 0 spiro atoms. The summed E-state index contributed by atoms with van der Waals surface area (Å²) in [6.07, 6.45) is 0.732. The molecule has 0 aliphatic carbocycles. The summed E-state index contributed by atoms with van der Waals surface area (Å²) in [5.74, 6) is -0.976. The van der Waals surface area contributed by atoms with E-state index in [9.17, 15) is 9.90 Å². The summed E-state index contributed by atoms with van der Waals surface area (Å²) in [5, 5.41) is 17.2. The minimum atomic E-state index is -0.976. The van der Waals surface area contributed by atoms with Crippen LogP contribution in [0.4, 0.5) is 0 Å². The lowest BCUT2D eigenvalue weighted by Gasteiger charge is -2.05. The van der Waals surface area contributed by atoms with Crippen molar-refractivity contribution in [3.8, 4) is 0 Å². The molecule has 0 saturated heterocycles. The van der Waals surface area contributed by atoms with Crippen molar-refractivity contribution in [3.05, 3.63) is 23.8 Å². The van der Waals surface area contributed by atoms with E-state index >= 15 is 0 Å². The van der Waals surface area contributed by atoms with Gasteiger partial charge in [-0.1, -0.05) is 11.3 Å². The summed E-state index contributed by atoms with van der Waals surface area (Å²) in [4.78, 5) is 11.2. The fourth-order valence-electron chi connectivity index (χ4n) is 1.92. The molecule has 7 heteroatoms. The van der Waals surface area contributed by atoms with Crippen LogP contribution in [0.2, 0.25) is 0 Å². The molecule has 2 aromatic rings. The standard InChI is InChI=1S/C13H17N3O4/c1-19-8-9-20-7-3-6-16-12-10(13(17)18)4-2-5-11(12)14-15-16/h2,4-5H,3,6-9H2,1H3,(H,17,18). The molecular weight excluding hydrogens is 262 g/mol. The number of carboxylic acid groups (broad SMARTS) is 1. The van der Waals surface area contributed by atoms with Gasteiger partial charge in [0.1, 0.15) is 11.0 Å². The van der Waals surface area contributed by atoms with Gasteiger partial charge in [0.25, 0.3) is 0 Å². The molecule has 1 aromatic carbocycles. The number of carbonyl (C=O) groups is 1. The molecule has 0 aliphatic heterocycles. The van der Waals surface area contributed by atoms with Crippen molar-refractivity contribution < 1.29 is 19.4 Å². The Morgan fingerprint density at radius 1 is 1.35 bits per heavy atom. The zero-order chi connectivity index (χ0) is 14.4. The zero-order valence-electron chi connectivity index (χ0n) is 11.3. The SMILES string of the molecule is COCCOCCCn1nnc2cccc(C(=O)O)c21. The largest absolute Gasteiger partial charge is 0.478 e. The number of fused-ring (bicyclic) bond motifs is 1. The number of ether oxygens (including phenoxy) is 2. The third-order valence-corrected chi connectivity index (χ3v) is 2.85. The number of hydrogen-bond donors (Lipinski definition) is 1. The van der Waals surface area contributed by atoms with Crippen LogP contribution in [-0.4, -0.2) is 53.0 Å². The van der Waals surface area contributed by atoms with Crippen molar-refractivity contribution in [2.45, 2.75) is 13.0 Å². The van der Waals surface area contributed by atoms with Crippen molar-refractivity contribution >= 4 is 17.0 Å². The maximum absolute atomic E-state index is 11.2. The third kappa shape index (κ3) is 3.31. The summed E-state index contributed by atoms with van der Waals surface area (Å²) in [6, 6.07) is 4.97. The molecule has 20 heavy (non-hydrogen) atoms. The predicted molar refractivity (Wildman–Crippen MR) is 71.8 cm³/mol. The molecule has 1 heterocycles. The summed E-state index contributed by atoms with van der Waals surface area (Å²) >= 11 is 0. The molecule has 0 amide bonds. The molecule has 1 N–H and O–H groups in total. The molecule has 2 rings (SSSR count). The van der Waals surface area contributed by atoms with Crippen LogP contribution >= 0.6 is 0 Å². The van der Waals surface area contributed by atoms with Crippen LogP contribution in [0.5, 0.6) is 0 Å². The number of para-hydroxylation sites is 1. The Labute approximate surface area is 116 Å². The van der Waals surface area contributed by atoms with Gasteiger partial charge < -0.3 is 14.6 Å². The maximum atomic E-state index is 11.2. The Kier molecular flexibility index (Phi) is 5.03. The van der Waals surface area contributed by atoms with Crippen LogP contribution in [0.1, 0.15) is 16.8 Å². The lowest BCUT2D eigenvalue weighted by Crippen LogP contribution is -2.09. The second kappa shape index (κ2) is 6.97. The molecule has 108 valence electrons. The van der Waals surface area contributed by atoms with E-state index in [2.05, 4.69) is 10.3 Å². The molecule has 0 atom stereocenters. The fraction of sp³-hybridized carbons (Fsp3) is 0.462. The number of aromatic carboxylic acids is 1. The van der Waals surface area contributed by atoms with Gasteiger partial charge >= 0.3 is 5.97 Å². The molecule has 7 nitrogen and oxygen atoms in total. The van der Waals surface area contributed by atoms with Gasteiger partial charge in [-0.2, -0.15) is 0 Å². The first-order valence-electron chi connectivity index (χ1n) is 6.36. The van der Waals surface area contributed by atoms with Gasteiger partial charge in [-0.25, -0.2) is 9.48 Å². The highest BCUT2D eigenvalue weighted by molar-refractivity contribution is 6.00. The van der Waals surface area contributed by atoms with Gasteiger partial charge in [0.05, 0.1) is 18.8 Å². The topological polar surface area (TPSA) is 86.5 Å². The number of benzene rings is 1. The Hall–Kier alpha value is -1.99. The molecule has 0 aliphatic rings. The average molecular weight is 279 g/mol. The molecule has 0 fully saturated rings. The number of aryl methyl sites for hydroxylation is 1. The van der Waals surface area contributed by atoms with E-state index in [0.717, 1.165) is 6.42 Å².